The van der Waals surface area contributed by atoms with Gasteiger partial charge in [0, 0.05) is 16.9 Å². The maximum atomic E-state index is 14.7. The zero-order valence-electron chi connectivity index (χ0n) is 13.8. The van der Waals surface area contributed by atoms with Gasteiger partial charge in [0.25, 0.3) is 0 Å². The molecule has 128 valence electrons. The third kappa shape index (κ3) is 4.29. The summed E-state index contributed by atoms with van der Waals surface area (Å²) in [5.74, 6) is -4.25. The fraction of sp³-hybridized carbons (Fsp3) is 0.588. The Labute approximate surface area is 139 Å². The van der Waals surface area contributed by atoms with Gasteiger partial charge in [-0.25, -0.2) is 8.79 Å². The molecule has 0 radical (unpaired) electrons. The first-order valence-electron chi connectivity index (χ1n) is 7.64. The Kier molecular flexibility index (Phi) is 5.46. The van der Waals surface area contributed by atoms with Gasteiger partial charge in [-0.15, -0.1) is 0 Å². The second-order valence-electron chi connectivity index (χ2n) is 6.67. The van der Waals surface area contributed by atoms with Gasteiger partial charge in [-0.2, -0.15) is 8.78 Å². The molecular weight excluding hydrogens is 323 g/mol. The fourth-order valence-corrected chi connectivity index (χ4v) is 2.87. The molecule has 2 rings (SSSR count). The minimum absolute atomic E-state index is 0.108. The molecule has 1 aromatic carbocycles. The molecule has 1 aliphatic heterocycles. The molecule has 1 atom stereocenters. The van der Waals surface area contributed by atoms with E-state index in [4.69, 9.17) is 4.74 Å². The number of halogens is 3. The lowest BCUT2D eigenvalue weighted by atomic mass is 9.97. The number of hydrogen-bond acceptors (Lipinski definition) is 3. The second kappa shape index (κ2) is 6.85. The number of alkyl halides is 2. The zero-order valence-corrected chi connectivity index (χ0v) is 14.6. The van der Waals surface area contributed by atoms with E-state index in [1.807, 2.05) is 20.8 Å². The molecule has 2 nitrogen and oxygen atoms in total. The molecule has 0 N–H and O–H groups in total. The summed E-state index contributed by atoms with van der Waals surface area (Å²) in [6.45, 7) is 7.86. The molecule has 0 spiro atoms. The van der Waals surface area contributed by atoms with E-state index in [2.05, 4.69) is 4.40 Å². The van der Waals surface area contributed by atoms with E-state index >= 15 is 0 Å². The van der Waals surface area contributed by atoms with Crippen LogP contribution in [0.1, 0.15) is 51.7 Å². The Bertz CT molecular complexity index is 590. The van der Waals surface area contributed by atoms with Crippen LogP contribution < -0.4 is 0 Å². The lowest BCUT2D eigenvalue weighted by Gasteiger charge is -2.24. The lowest BCUT2D eigenvalue weighted by molar-refractivity contribution is -0.124. The number of ether oxygens (including phenoxy) is 1. The molecule has 0 aromatic heterocycles. The SMILES string of the molecule is CC(=NSC(C)(C)C)c1cccc(C(F)(F)C2CCCO2)c1F. The Morgan fingerprint density at radius 3 is 2.57 bits per heavy atom. The van der Waals surface area contributed by atoms with Crippen LogP contribution in [-0.2, 0) is 10.7 Å². The van der Waals surface area contributed by atoms with Crippen molar-refractivity contribution in [3.8, 4) is 0 Å². The van der Waals surface area contributed by atoms with Gasteiger partial charge < -0.3 is 4.74 Å². The number of hydrogen-bond donors (Lipinski definition) is 0. The third-order valence-corrected chi connectivity index (χ3v) is 4.45. The molecule has 1 saturated heterocycles. The molecule has 1 aromatic rings. The van der Waals surface area contributed by atoms with E-state index in [1.54, 1.807) is 6.92 Å². The van der Waals surface area contributed by atoms with Crippen LogP contribution in [-0.4, -0.2) is 23.2 Å². The number of benzene rings is 1. The van der Waals surface area contributed by atoms with Gasteiger partial charge in [0.2, 0.25) is 0 Å². The Balaban J connectivity index is 2.34. The Morgan fingerprint density at radius 1 is 1.30 bits per heavy atom. The Morgan fingerprint density at radius 2 is 2.00 bits per heavy atom. The Hall–Kier alpha value is -1.01. The van der Waals surface area contributed by atoms with Crippen molar-refractivity contribution in [3.05, 3.63) is 35.1 Å². The van der Waals surface area contributed by atoms with Gasteiger partial charge in [0.15, 0.2) is 0 Å². The fourth-order valence-electron chi connectivity index (χ4n) is 2.36. The summed E-state index contributed by atoms with van der Waals surface area (Å²) in [6.07, 6.45) is -0.443. The predicted octanol–water partition coefficient (Wildman–Crippen LogP) is 5.35. The van der Waals surface area contributed by atoms with Crippen LogP contribution in [0.5, 0.6) is 0 Å². The van der Waals surface area contributed by atoms with E-state index in [1.165, 1.54) is 24.1 Å². The van der Waals surface area contributed by atoms with Crippen LogP contribution in [0.4, 0.5) is 13.2 Å². The van der Waals surface area contributed by atoms with Gasteiger partial charge in [-0.3, -0.25) is 0 Å². The molecule has 0 saturated carbocycles. The minimum Gasteiger partial charge on any atom is -0.372 e. The normalized spacial score (nSPS) is 20.1. The number of rotatable bonds is 4. The highest BCUT2D eigenvalue weighted by Crippen LogP contribution is 2.40. The van der Waals surface area contributed by atoms with Crippen molar-refractivity contribution in [2.24, 2.45) is 4.40 Å². The first-order valence-corrected chi connectivity index (χ1v) is 8.42. The maximum absolute atomic E-state index is 14.7. The van der Waals surface area contributed by atoms with Crippen molar-refractivity contribution in [3.63, 3.8) is 0 Å². The lowest BCUT2D eigenvalue weighted by Crippen LogP contribution is -2.31. The summed E-state index contributed by atoms with van der Waals surface area (Å²) in [5, 5.41) is 0. The van der Waals surface area contributed by atoms with Crippen molar-refractivity contribution in [1.29, 1.82) is 0 Å². The van der Waals surface area contributed by atoms with Crippen LogP contribution in [0.2, 0.25) is 0 Å². The van der Waals surface area contributed by atoms with Crippen LogP contribution in [0.25, 0.3) is 0 Å². The number of nitrogens with zero attached hydrogens (tertiary/aromatic N) is 1. The van der Waals surface area contributed by atoms with Crippen molar-refractivity contribution in [1.82, 2.24) is 0 Å². The molecular formula is C17H22F3NOS. The van der Waals surface area contributed by atoms with Crippen LogP contribution in [0, 0.1) is 5.82 Å². The highest BCUT2D eigenvalue weighted by Gasteiger charge is 2.46. The monoisotopic (exact) mass is 345 g/mol. The van der Waals surface area contributed by atoms with Crippen molar-refractivity contribution in [2.75, 3.05) is 6.61 Å². The summed E-state index contributed by atoms with van der Waals surface area (Å²) >= 11 is 1.29. The van der Waals surface area contributed by atoms with Gasteiger partial charge in [0.05, 0.1) is 11.3 Å². The molecule has 23 heavy (non-hydrogen) atoms. The van der Waals surface area contributed by atoms with Gasteiger partial charge in [-0.05, 0) is 58.6 Å². The smallest absolute Gasteiger partial charge is 0.301 e. The van der Waals surface area contributed by atoms with E-state index in [0.29, 0.717) is 18.7 Å². The van der Waals surface area contributed by atoms with Crippen LogP contribution in [0.3, 0.4) is 0 Å². The second-order valence-corrected chi connectivity index (χ2v) is 8.26. The molecule has 1 fully saturated rings. The maximum Gasteiger partial charge on any atom is 0.301 e. The highest BCUT2D eigenvalue weighted by atomic mass is 32.2. The summed E-state index contributed by atoms with van der Waals surface area (Å²) in [5.41, 5.74) is -0.110. The topological polar surface area (TPSA) is 21.6 Å². The standard InChI is InChI=1S/C17H22F3NOS/c1-11(21-23-16(2,3)4)12-7-5-8-13(15(12)18)17(19,20)14-9-6-10-22-14/h5,7-8,14H,6,9-10H2,1-4H3. The van der Waals surface area contributed by atoms with Crippen molar-refractivity contribution < 1.29 is 17.9 Å². The zero-order chi connectivity index (χ0) is 17.3. The first kappa shape index (κ1) is 18.3. The van der Waals surface area contributed by atoms with Gasteiger partial charge in [-0.1, -0.05) is 12.1 Å². The van der Waals surface area contributed by atoms with E-state index in [-0.39, 0.29) is 16.7 Å². The molecule has 6 heteroatoms. The molecule has 1 unspecified atom stereocenters. The third-order valence-electron chi connectivity index (χ3n) is 3.54. The molecule has 1 aliphatic rings. The van der Waals surface area contributed by atoms with Gasteiger partial charge >= 0.3 is 5.92 Å². The van der Waals surface area contributed by atoms with E-state index in [9.17, 15) is 13.2 Å². The van der Waals surface area contributed by atoms with Crippen LogP contribution >= 0.6 is 11.9 Å². The van der Waals surface area contributed by atoms with Crippen molar-refractivity contribution >= 4 is 17.7 Å². The average Bonchev–Trinajstić information content (AvgIpc) is 2.99. The largest absolute Gasteiger partial charge is 0.372 e. The van der Waals surface area contributed by atoms with Gasteiger partial charge in [0.1, 0.15) is 11.9 Å². The first-order chi connectivity index (χ1) is 10.6. The molecule has 0 amide bonds. The summed E-state index contributed by atoms with van der Waals surface area (Å²) < 4.78 is 52.9. The average molecular weight is 345 g/mol. The quantitative estimate of drug-likeness (QED) is 0.542. The predicted molar refractivity (Wildman–Crippen MR) is 88.8 cm³/mol. The summed E-state index contributed by atoms with van der Waals surface area (Å²) in [7, 11) is 0. The van der Waals surface area contributed by atoms with E-state index in [0.717, 1.165) is 6.07 Å². The minimum atomic E-state index is -3.34. The highest BCUT2D eigenvalue weighted by molar-refractivity contribution is 7.99. The van der Waals surface area contributed by atoms with Crippen molar-refractivity contribution in [2.45, 2.75) is 57.3 Å². The van der Waals surface area contributed by atoms with Crippen LogP contribution in [0.15, 0.2) is 22.6 Å². The van der Waals surface area contributed by atoms with E-state index < -0.39 is 23.4 Å². The summed E-state index contributed by atoms with van der Waals surface area (Å²) in [4.78, 5) is 0. The summed E-state index contributed by atoms with van der Waals surface area (Å²) in [6, 6.07) is 4.05. The molecule has 0 bridgehead atoms. The molecule has 1 heterocycles. The molecule has 0 aliphatic carbocycles.